The van der Waals surface area contributed by atoms with Crippen LogP contribution in [0.2, 0.25) is 0 Å². The van der Waals surface area contributed by atoms with Gasteiger partial charge in [0.25, 0.3) is 0 Å². The molecule has 0 saturated heterocycles. The molecule has 0 aromatic rings. The minimum Gasteiger partial charge on any atom is -0.317 e. The van der Waals surface area contributed by atoms with Crippen molar-refractivity contribution in [3.63, 3.8) is 0 Å². The van der Waals surface area contributed by atoms with E-state index in [-0.39, 0.29) is 0 Å². The maximum absolute atomic E-state index is 10.1. The normalized spacial score (nSPS) is 31.7. The predicted molar refractivity (Wildman–Crippen MR) is 45.5 cm³/mol. The van der Waals surface area contributed by atoms with Crippen LogP contribution in [0.5, 0.6) is 0 Å². The third kappa shape index (κ3) is 2.26. The number of hydrogen-bond acceptors (Lipinski definition) is 3. The largest absolute Gasteiger partial charge is 0.317 e. The monoisotopic (exact) mass is 156 g/mol. The van der Waals surface area contributed by atoms with Gasteiger partial charge in [0.05, 0.1) is 6.54 Å². The van der Waals surface area contributed by atoms with E-state index in [0.29, 0.717) is 18.5 Å². The van der Waals surface area contributed by atoms with E-state index in [0.717, 1.165) is 6.42 Å². The highest BCUT2D eigenvalue weighted by atomic mass is 16.3. The molecule has 0 bridgehead atoms. The van der Waals surface area contributed by atoms with Gasteiger partial charge in [0.2, 0.25) is 0 Å². The van der Waals surface area contributed by atoms with Crippen LogP contribution in [0.1, 0.15) is 25.7 Å². The molecule has 1 aliphatic rings. The Kier molecular flexibility index (Phi) is 3.49. The summed E-state index contributed by atoms with van der Waals surface area (Å²) in [6, 6.07) is 0.529. The van der Waals surface area contributed by atoms with E-state index in [1.165, 1.54) is 19.3 Å². The van der Waals surface area contributed by atoms with Crippen molar-refractivity contribution in [3.8, 4) is 0 Å². The molecular formula is C8H16N2O. The third-order valence-corrected chi connectivity index (χ3v) is 2.59. The molecule has 0 amide bonds. The summed E-state index contributed by atoms with van der Waals surface area (Å²) in [6.45, 7) is 0.492. The van der Waals surface area contributed by atoms with Gasteiger partial charge in [0.1, 0.15) is 0 Å². The van der Waals surface area contributed by atoms with Gasteiger partial charge in [-0.15, -0.1) is 0 Å². The van der Waals surface area contributed by atoms with Crippen LogP contribution in [0.25, 0.3) is 0 Å². The summed E-state index contributed by atoms with van der Waals surface area (Å²) in [5.74, 6) is 0.492. The van der Waals surface area contributed by atoms with Crippen molar-refractivity contribution in [3.05, 3.63) is 4.91 Å². The number of nitrogens with zero attached hydrogens (tertiary/aromatic N) is 1. The molecule has 3 heteroatoms. The van der Waals surface area contributed by atoms with Gasteiger partial charge in [-0.1, -0.05) is 18.0 Å². The molecule has 0 aliphatic heterocycles. The van der Waals surface area contributed by atoms with Crippen LogP contribution >= 0.6 is 0 Å². The van der Waals surface area contributed by atoms with Gasteiger partial charge in [0.15, 0.2) is 0 Å². The van der Waals surface area contributed by atoms with Gasteiger partial charge in [-0.05, 0) is 25.8 Å². The molecule has 1 N–H and O–H groups in total. The lowest BCUT2D eigenvalue weighted by atomic mass is 9.85. The minimum atomic E-state index is 0.492. The summed E-state index contributed by atoms with van der Waals surface area (Å²) >= 11 is 0. The summed E-state index contributed by atoms with van der Waals surface area (Å²) in [7, 11) is 1.97. The van der Waals surface area contributed by atoms with Gasteiger partial charge >= 0.3 is 0 Å². The van der Waals surface area contributed by atoms with Crippen LogP contribution in [0.4, 0.5) is 0 Å². The lowest BCUT2D eigenvalue weighted by Crippen LogP contribution is -2.37. The van der Waals surface area contributed by atoms with Crippen molar-refractivity contribution in [1.82, 2.24) is 5.32 Å². The molecule has 2 unspecified atom stereocenters. The van der Waals surface area contributed by atoms with Gasteiger partial charge < -0.3 is 5.32 Å². The predicted octanol–water partition coefficient (Wildman–Crippen LogP) is 1.53. The zero-order chi connectivity index (χ0) is 8.10. The smallest absolute Gasteiger partial charge is 0.0854 e. The van der Waals surface area contributed by atoms with E-state index in [2.05, 4.69) is 10.5 Å². The van der Waals surface area contributed by atoms with Crippen LogP contribution in [0.15, 0.2) is 5.18 Å². The van der Waals surface area contributed by atoms with Crippen LogP contribution in [0.3, 0.4) is 0 Å². The van der Waals surface area contributed by atoms with Gasteiger partial charge in [-0.3, -0.25) is 0 Å². The summed E-state index contributed by atoms with van der Waals surface area (Å²) in [4.78, 5) is 10.1. The first-order chi connectivity index (χ1) is 5.38. The molecular weight excluding hydrogens is 140 g/mol. The Labute approximate surface area is 67.5 Å². The second-order valence-electron chi connectivity index (χ2n) is 3.25. The van der Waals surface area contributed by atoms with Crippen LogP contribution in [0, 0.1) is 10.8 Å². The lowest BCUT2D eigenvalue weighted by Gasteiger charge is -2.29. The molecule has 0 heterocycles. The van der Waals surface area contributed by atoms with Crippen LogP contribution < -0.4 is 5.32 Å². The van der Waals surface area contributed by atoms with Crippen molar-refractivity contribution in [2.75, 3.05) is 13.6 Å². The van der Waals surface area contributed by atoms with E-state index < -0.39 is 0 Å². The Bertz CT molecular complexity index is 127. The molecule has 1 rings (SSSR count). The number of hydrogen-bond donors (Lipinski definition) is 1. The van der Waals surface area contributed by atoms with Crippen molar-refractivity contribution in [1.29, 1.82) is 0 Å². The number of nitrogens with one attached hydrogen (secondary N) is 1. The molecule has 1 aliphatic carbocycles. The zero-order valence-corrected chi connectivity index (χ0v) is 7.05. The van der Waals surface area contributed by atoms with E-state index >= 15 is 0 Å². The van der Waals surface area contributed by atoms with Crippen LogP contribution in [-0.4, -0.2) is 19.6 Å². The third-order valence-electron chi connectivity index (χ3n) is 2.59. The van der Waals surface area contributed by atoms with E-state index in [4.69, 9.17) is 0 Å². The van der Waals surface area contributed by atoms with Crippen molar-refractivity contribution in [2.24, 2.45) is 11.1 Å². The highest BCUT2D eigenvalue weighted by Gasteiger charge is 2.23. The summed E-state index contributed by atoms with van der Waals surface area (Å²) in [5, 5.41) is 6.21. The molecule has 1 saturated carbocycles. The molecule has 2 atom stereocenters. The molecule has 11 heavy (non-hydrogen) atoms. The maximum atomic E-state index is 10.1. The average Bonchev–Trinajstić information content (AvgIpc) is 2.06. The SMILES string of the molecule is CNC1CCCCC1CN=O. The highest BCUT2D eigenvalue weighted by molar-refractivity contribution is 4.80. The maximum Gasteiger partial charge on any atom is 0.0854 e. The van der Waals surface area contributed by atoms with Crippen molar-refractivity contribution >= 4 is 0 Å². The fourth-order valence-electron chi connectivity index (χ4n) is 1.90. The molecule has 0 radical (unpaired) electrons. The Morgan fingerprint density at radius 2 is 2.18 bits per heavy atom. The van der Waals surface area contributed by atoms with E-state index in [1.807, 2.05) is 7.05 Å². The topological polar surface area (TPSA) is 41.5 Å². The van der Waals surface area contributed by atoms with Gasteiger partial charge in [-0.25, -0.2) is 0 Å². The lowest BCUT2D eigenvalue weighted by molar-refractivity contribution is 0.281. The molecule has 0 aromatic carbocycles. The molecule has 64 valence electrons. The fraction of sp³-hybridized carbons (Fsp3) is 1.00. The molecule has 0 spiro atoms. The standard InChI is InChI=1S/C8H16N2O/c1-9-8-5-3-2-4-7(8)6-10-11/h7-9H,2-6H2,1H3. The van der Waals surface area contributed by atoms with E-state index in [9.17, 15) is 4.91 Å². The summed E-state index contributed by atoms with van der Waals surface area (Å²) < 4.78 is 0. The van der Waals surface area contributed by atoms with Gasteiger partial charge in [0, 0.05) is 6.04 Å². The number of nitroso groups, excluding NO2 is 1. The average molecular weight is 156 g/mol. The first-order valence-corrected chi connectivity index (χ1v) is 4.35. The fourth-order valence-corrected chi connectivity index (χ4v) is 1.90. The van der Waals surface area contributed by atoms with Crippen molar-refractivity contribution < 1.29 is 0 Å². The Balaban J connectivity index is 2.37. The Morgan fingerprint density at radius 1 is 1.45 bits per heavy atom. The first-order valence-electron chi connectivity index (χ1n) is 4.35. The van der Waals surface area contributed by atoms with Crippen molar-refractivity contribution in [2.45, 2.75) is 31.7 Å². The first kappa shape index (κ1) is 8.65. The van der Waals surface area contributed by atoms with Gasteiger partial charge in [-0.2, -0.15) is 4.91 Å². The second kappa shape index (κ2) is 4.44. The molecule has 3 nitrogen and oxygen atoms in total. The quantitative estimate of drug-likeness (QED) is 0.629. The summed E-state index contributed by atoms with van der Waals surface area (Å²) in [6.07, 6.45) is 4.92. The molecule has 1 fully saturated rings. The number of rotatable bonds is 3. The molecule has 0 aromatic heterocycles. The summed E-state index contributed by atoms with van der Waals surface area (Å²) in [5.41, 5.74) is 0. The highest BCUT2D eigenvalue weighted by Crippen LogP contribution is 2.24. The Hall–Kier alpha value is -0.440. The van der Waals surface area contributed by atoms with E-state index in [1.54, 1.807) is 0 Å². The Morgan fingerprint density at radius 3 is 2.82 bits per heavy atom. The second-order valence-corrected chi connectivity index (χ2v) is 3.25. The minimum absolute atomic E-state index is 0.492. The van der Waals surface area contributed by atoms with Crippen LogP contribution in [-0.2, 0) is 0 Å². The zero-order valence-electron chi connectivity index (χ0n) is 7.05.